The van der Waals surface area contributed by atoms with Crippen LogP contribution in [0.2, 0.25) is 0 Å². The minimum atomic E-state index is -3.96. The van der Waals surface area contributed by atoms with Crippen molar-refractivity contribution in [2.75, 3.05) is 6.54 Å². The first kappa shape index (κ1) is 19.4. The summed E-state index contributed by atoms with van der Waals surface area (Å²) in [4.78, 5) is 11.3. The van der Waals surface area contributed by atoms with Gasteiger partial charge in [-0.3, -0.25) is 4.79 Å². The highest BCUT2D eigenvalue weighted by atomic mass is 32.2. The standard InChI is InChI=1S/C20H23NO5S/c1-20(2)11-10-16-12-17(8-9-18(16)26-20)27(24,25)21(14-19(22)23)13-15-6-4-3-5-7-15/h3-9,12H,10-11,13-14H2,1-2H3,(H,22,23). The zero-order valence-corrected chi connectivity index (χ0v) is 16.2. The Hall–Kier alpha value is -2.38. The van der Waals surface area contributed by atoms with Crippen LogP contribution in [0.3, 0.4) is 0 Å². The lowest BCUT2D eigenvalue weighted by molar-refractivity contribution is -0.137. The quantitative estimate of drug-likeness (QED) is 0.821. The summed E-state index contributed by atoms with van der Waals surface area (Å²) in [6, 6.07) is 13.7. The topological polar surface area (TPSA) is 83.9 Å². The Kier molecular flexibility index (Phi) is 5.26. The lowest BCUT2D eigenvalue weighted by Crippen LogP contribution is -2.35. The van der Waals surface area contributed by atoms with Crippen molar-refractivity contribution in [3.05, 3.63) is 59.7 Å². The molecule has 7 heteroatoms. The molecular formula is C20H23NO5S. The molecule has 0 saturated heterocycles. The van der Waals surface area contributed by atoms with Gasteiger partial charge >= 0.3 is 5.97 Å². The maximum atomic E-state index is 13.1. The number of carbonyl (C=O) groups is 1. The molecule has 1 aliphatic heterocycles. The second kappa shape index (κ2) is 7.32. The molecule has 6 nitrogen and oxygen atoms in total. The first-order valence-corrected chi connectivity index (χ1v) is 10.2. The van der Waals surface area contributed by atoms with Crippen LogP contribution in [0.15, 0.2) is 53.4 Å². The van der Waals surface area contributed by atoms with E-state index in [-0.39, 0.29) is 17.0 Å². The average molecular weight is 389 g/mol. The molecule has 144 valence electrons. The van der Waals surface area contributed by atoms with E-state index in [4.69, 9.17) is 4.74 Å². The molecule has 27 heavy (non-hydrogen) atoms. The molecule has 0 saturated carbocycles. The molecule has 0 radical (unpaired) electrons. The number of hydrogen-bond donors (Lipinski definition) is 1. The van der Waals surface area contributed by atoms with Crippen LogP contribution < -0.4 is 4.74 Å². The molecule has 2 aromatic carbocycles. The van der Waals surface area contributed by atoms with E-state index in [1.165, 1.54) is 6.07 Å². The van der Waals surface area contributed by atoms with E-state index >= 15 is 0 Å². The highest BCUT2D eigenvalue weighted by Crippen LogP contribution is 2.35. The SMILES string of the molecule is CC1(C)CCc2cc(S(=O)(=O)N(CC(=O)O)Cc3ccccc3)ccc2O1. The molecule has 1 heterocycles. The first-order valence-electron chi connectivity index (χ1n) is 8.75. The van der Waals surface area contributed by atoms with Gasteiger partial charge in [0.15, 0.2) is 0 Å². The summed E-state index contributed by atoms with van der Waals surface area (Å²) in [7, 11) is -3.96. The predicted molar refractivity (Wildman–Crippen MR) is 101 cm³/mol. The Bertz CT molecular complexity index is 938. The van der Waals surface area contributed by atoms with Crippen LogP contribution in [0.25, 0.3) is 0 Å². The number of hydrogen-bond acceptors (Lipinski definition) is 4. The molecule has 0 unspecified atom stereocenters. The second-order valence-electron chi connectivity index (χ2n) is 7.28. The van der Waals surface area contributed by atoms with Gasteiger partial charge in [-0.1, -0.05) is 30.3 Å². The molecule has 3 rings (SSSR count). The minimum absolute atomic E-state index is 0.00388. The number of rotatable bonds is 6. The van der Waals surface area contributed by atoms with Crippen LogP contribution in [0.4, 0.5) is 0 Å². The molecule has 2 aromatic rings. The fourth-order valence-electron chi connectivity index (χ4n) is 3.11. The van der Waals surface area contributed by atoms with Crippen LogP contribution in [0.5, 0.6) is 5.75 Å². The third-order valence-corrected chi connectivity index (χ3v) is 6.35. The van der Waals surface area contributed by atoms with E-state index in [1.54, 1.807) is 36.4 Å². The molecule has 0 aromatic heterocycles. The van der Waals surface area contributed by atoms with Crippen LogP contribution in [-0.4, -0.2) is 35.9 Å². The molecule has 0 atom stereocenters. The fraction of sp³-hybridized carbons (Fsp3) is 0.350. The van der Waals surface area contributed by atoms with Crippen LogP contribution in [-0.2, 0) is 27.8 Å². The van der Waals surface area contributed by atoms with Crippen LogP contribution in [0, 0.1) is 0 Å². The van der Waals surface area contributed by atoms with Gasteiger partial charge in [0.25, 0.3) is 0 Å². The zero-order chi connectivity index (χ0) is 19.7. The molecule has 1 aliphatic rings. The maximum absolute atomic E-state index is 13.1. The van der Waals surface area contributed by atoms with Crippen molar-refractivity contribution in [1.29, 1.82) is 0 Å². The van der Waals surface area contributed by atoms with E-state index < -0.39 is 22.5 Å². The Balaban J connectivity index is 1.93. The van der Waals surface area contributed by atoms with Crippen molar-refractivity contribution >= 4 is 16.0 Å². The Morgan fingerprint density at radius 1 is 1.19 bits per heavy atom. The molecule has 0 fully saturated rings. The average Bonchev–Trinajstić information content (AvgIpc) is 2.60. The molecule has 0 amide bonds. The number of aryl methyl sites for hydroxylation is 1. The number of carboxylic acid groups (broad SMARTS) is 1. The summed E-state index contributed by atoms with van der Waals surface area (Å²) in [6.45, 7) is 3.39. The third-order valence-electron chi connectivity index (χ3n) is 4.57. The summed E-state index contributed by atoms with van der Waals surface area (Å²) in [5.41, 5.74) is 1.27. The number of nitrogens with zero attached hydrogens (tertiary/aromatic N) is 1. The van der Waals surface area contributed by atoms with Gasteiger partial charge in [-0.15, -0.1) is 0 Å². The van der Waals surface area contributed by atoms with E-state index in [0.717, 1.165) is 21.9 Å². The van der Waals surface area contributed by atoms with Crippen molar-refractivity contribution in [3.63, 3.8) is 0 Å². The fourth-order valence-corrected chi connectivity index (χ4v) is 4.54. The normalized spacial score (nSPS) is 15.8. The summed E-state index contributed by atoms with van der Waals surface area (Å²) >= 11 is 0. The van der Waals surface area contributed by atoms with Crippen molar-refractivity contribution in [2.45, 2.75) is 43.7 Å². The zero-order valence-electron chi connectivity index (χ0n) is 15.4. The minimum Gasteiger partial charge on any atom is -0.488 e. The van der Waals surface area contributed by atoms with Crippen molar-refractivity contribution < 1.29 is 23.1 Å². The molecule has 0 spiro atoms. The lowest BCUT2D eigenvalue weighted by atomic mass is 9.94. The van der Waals surface area contributed by atoms with Gasteiger partial charge in [-0.25, -0.2) is 8.42 Å². The maximum Gasteiger partial charge on any atom is 0.318 e. The molecule has 0 aliphatic carbocycles. The number of fused-ring (bicyclic) bond motifs is 1. The third kappa shape index (κ3) is 4.48. The van der Waals surface area contributed by atoms with Gasteiger partial charge in [0, 0.05) is 6.54 Å². The smallest absolute Gasteiger partial charge is 0.318 e. The summed E-state index contributed by atoms with van der Waals surface area (Å²) < 4.78 is 33.1. The summed E-state index contributed by atoms with van der Waals surface area (Å²) in [6.07, 6.45) is 1.50. The van der Waals surface area contributed by atoms with Gasteiger partial charge in [-0.05, 0) is 56.0 Å². The van der Waals surface area contributed by atoms with Gasteiger partial charge in [0.1, 0.15) is 17.9 Å². The number of carboxylic acids is 1. The van der Waals surface area contributed by atoms with Gasteiger partial charge < -0.3 is 9.84 Å². The number of benzene rings is 2. The van der Waals surface area contributed by atoms with Crippen molar-refractivity contribution in [2.24, 2.45) is 0 Å². The van der Waals surface area contributed by atoms with E-state index in [9.17, 15) is 18.3 Å². The van der Waals surface area contributed by atoms with Crippen LogP contribution in [0.1, 0.15) is 31.4 Å². The van der Waals surface area contributed by atoms with Crippen molar-refractivity contribution in [1.82, 2.24) is 4.31 Å². The second-order valence-corrected chi connectivity index (χ2v) is 9.22. The number of aliphatic carboxylic acids is 1. The van der Waals surface area contributed by atoms with E-state index in [0.29, 0.717) is 12.2 Å². The summed E-state index contributed by atoms with van der Waals surface area (Å²) in [5, 5.41) is 9.20. The summed E-state index contributed by atoms with van der Waals surface area (Å²) in [5.74, 6) is -0.518. The largest absolute Gasteiger partial charge is 0.488 e. The van der Waals surface area contributed by atoms with E-state index in [1.807, 2.05) is 19.9 Å². The Morgan fingerprint density at radius 2 is 1.89 bits per heavy atom. The van der Waals surface area contributed by atoms with Gasteiger partial charge in [0.05, 0.1) is 4.90 Å². The predicted octanol–water partition coefficient (Wildman–Crippen LogP) is 3.07. The highest BCUT2D eigenvalue weighted by molar-refractivity contribution is 7.89. The highest BCUT2D eigenvalue weighted by Gasteiger charge is 2.30. The van der Waals surface area contributed by atoms with Crippen molar-refractivity contribution in [3.8, 4) is 5.75 Å². The Morgan fingerprint density at radius 3 is 2.56 bits per heavy atom. The van der Waals surface area contributed by atoms with Crippen LogP contribution >= 0.6 is 0 Å². The number of sulfonamides is 1. The lowest BCUT2D eigenvalue weighted by Gasteiger charge is -2.33. The first-order chi connectivity index (χ1) is 12.7. The number of ether oxygens (including phenoxy) is 1. The Labute approximate surface area is 159 Å². The monoisotopic (exact) mass is 389 g/mol. The molecule has 0 bridgehead atoms. The van der Waals surface area contributed by atoms with E-state index in [2.05, 4.69) is 0 Å². The van der Waals surface area contributed by atoms with Gasteiger partial charge in [-0.2, -0.15) is 4.31 Å². The molecule has 1 N–H and O–H groups in total. The van der Waals surface area contributed by atoms with Gasteiger partial charge in [0.2, 0.25) is 10.0 Å². The molecular weight excluding hydrogens is 366 g/mol.